The molecule has 0 aromatic carbocycles. The Labute approximate surface area is 133 Å². The molecular formula is C16H20FN3O3. The predicted octanol–water partition coefficient (Wildman–Crippen LogP) is 2.26. The molecule has 0 saturated carbocycles. The normalized spacial score (nSPS) is 13.7. The zero-order valence-electron chi connectivity index (χ0n) is 13.3. The third-order valence-electron chi connectivity index (χ3n) is 3.97. The maximum Gasteiger partial charge on any atom is 0.326 e. The quantitative estimate of drug-likeness (QED) is 0.855. The van der Waals surface area contributed by atoms with Gasteiger partial charge in [0.15, 0.2) is 0 Å². The maximum atomic E-state index is 13.5. The van der Waals surface area contributed by atoms with Crippen molar-refractivity contribution in [3.8, 4) is 0 Å². The molecule has 2 heterocycles. The molecule has 6 nitrogen and oxygen atoms in total. The summed E-state index contributed by atoms with van der Waals surface area (Å²) >= 11 is 0. The fourth-order valence-electron chi connectivity index (χ4n) is 2.45. The molecule has 2 aromatic rings. The Kier molecular flexibility index (Phi) is 4.98. The number of carboxylic acids is 1. The van der Waals surface area contributed by atoms with Gasteiger partial charge in [0.1, 0.15) is 23.2 Å². The van der Waals surface area contributed by atoms with E-state index in [0.29, 0.717) is 24.2 Å². The highest BCUT2D eigenvalue weighted by Crippen LogP contribution is 2.16. The minimum Gasteiger partial charge on any atom is -0.480 e. The molecule has 0 aliphatic heterocycles. The fourth-order valence-corrected chi connectivity index (χ4v) is 2.45. The van der Waals surface area contributed by atoms with Crippen LogP contribution in [0.1, 0.15) is 43.4 Å². The van der Waals surface area contributed by atoms with Crippen molar-refractivity contribution in [2.45, 2.75) is 39.7 Å². The van der Waals surface area contributed by atoms with Gasteiger partial charge in [0, 0.05) is 6.20 Å². The van der Waals surface area contributed by atoms with Crippen molar-refractivity contribution in [1.82, 2.24) is 14.7 Å². The van der Waals surface area contributed by atoms with E-state index < -0.39 is 23.7 Å². The SMILES string of the molecule is CCc1nc2ccc(F)cn2c1C(=O)NC(C(=O)O)C(C)CC. The van der Waals surface area contributed by atoms with Crippen molar-refractivity contribution >= 4 is 17.5 Å². The van der Waals surface area contributed by atoms with Crippen LogP contribution in [-0.4, -0.2) is 32.4 Å². The highest BCUT2D eigenvalue weighted by atomic mass is 19.1. The van der Waals surface area contributed by atoms with E-state index in [4.69, 9.17) is 0 Å². The summed E-state index contributed by atoms with van der Waals surface area (Å²) in [5.41, 5.74) is 1.13. The highest BCUT2D eigenvalue weighted by Gasteiger charge is 2.28. The Hall–Kier alpha value is -2.44. The Morgan fingerprint density at radius 3 is 2.65 bits per heavy atom. The van der Waals surface area contributed by atoms with Crippen LogP contribution in [0.3, 0.4) is 0 Å². The molecule has 7 heteroatoms. The van der Waals surface area contributed by atoms with Crippen LogP contribution in [0.25, 0.3) is 5.65 Å². The fraction of sp³-hybridized carbons (Fsp3) is 0.438. The van der Waals surface area contributed by atoms with Gasteiger partial charge in [-0.2, -0.15) is 0 Å². The molecule has 0 aliphatic carbocycles. The second-order valence-electron chi connectivity index (χ2n) is 5.51. The molecule has 0 saturated heterocycles. The number of pyridine rings is 1. The standard InChI is InChI=1S/C16H20FN3O3/c1-4-9(3)13(16(22)23)19-15(21)14-11(5-2)18-12-7-6-10(17)8-20(12)14/h6-9,13H,4-5H2,1-3H3,(H,19,21)(H,22,23). The molecule has 2 aromatic heterocycles. The minimum absolute atomic E-state index is 0.177. The summed E-state index contributed by atoms with van der Waals surface area (Å²) in [4.78, 5) is 28.3. The Balaban J connectivity index is 2.43. The van der Waals surface area contributed by atoms with Gasteiger partial charge in [0.05, 0.1) is 5.69 Å². The van der Waals surface area contributed by atoms with Crippen LogP contribution >= 0.6 is 0 Å². The molecule has 0 fully saturated rings. The average Bonchev–Trinajstić information content (AvgIpc) is 2.88. The molecule has 2 atom stereocenters. The number of nitrogens with one attached hydrogen (secondary N) is 1. The first kappa shape index (κ1) is 16.9. The third-order valence-corrected chi connectivity index (χ3v) is 3.97. The summed E-state index contributed by atoms with van der Waals surface area (Å²) in [5.74, 6) is -2.38. The first-order valence-corrected chi connectivity index (χ1v) is 7.59. The molecule has 0 bridgehead atoms. The zero-order valence-corrected chi connectivity index (χ0v) is 13.3. The van der Waals surface area contributed by atoms with Gasteiger partial charge < -0.3 is 10.4 Å². The van der Waals surface area contributed by atoms with Crippen molar-refractivity contribution in [3.05, 3.63) is 35.5 Å². The Morgan fingerprint density at radius 1 is 1.39 bits per heavy atom. The lowest BCUT2D eigenvalue weighted by Gasteiger charge is -2.20. The lowest BCUT2D eigenvalue weighted by atomic mass is 9.99. The van der Waals surface area contributed by atoms with E-state index >= 15 is 0 Å². The first-order chi connectivity index (χ1) is 10.9. The predicted molar refractivity (Wildman–Crippen MR) is 82.9 cm³/mol. The smallest absolute Gasteiger partial charge is 0.326 e. The van der Waals surface area contributed by atoms with Gasteiger partial charge in [-0.1, -0.05) is 27.2 Å². The second-order valence-corrected chi connectivity index (χ2v) is 5.51. The Bertz CT molecular complexity index is 741. The van der Waals surface area contributed by atoms with Gasteiger partial charge in [-0.25, -0.2) is 14.2 Å². The molecule has 0 spiro atoms. The van der Waals surface area contributed by atoms with Crippen molar-refractivity contribution in [2.24, 2.45) is 5.92 Å². The van der Waals surface area contributed by atoms with Crippen molar-refractivity contribution in [1.29, 1.82) is 0 Å². The number of aromatic nitrogens is 2. The summed E-state index contributed by atoms with van der Waals surface area (Å²) in [6.45, 7) is 5.44. The summed E-state index contributed by atoms with van der Waals surface area (Å²) in [7, 11) is 0. The molecule has 2 rings (SSSR count). The number of rotatable bonds is 6. The van der Waals surface area contributed by atoms with E-state index in [9.17, 15) is 19.1 Å². The van der Waals surface area contributed by atoms with E-state index in [1.165, 1.54) is 22.7 Å². The largest absolute Gasteiger partial charge is 0.480 e. The van der Waals surface area contributed by atoms with Crippen molar-refractivity contribution in [2.75, 3.05) is 0 Å². The molecule has 0 radical (unpaired) electrons. The summed E-state index contributed by atoms with van der Waals surface area (Å²) in [6, 6.07) is 1.74. The molecular weight excluding hydrogens is 301 g/mol. The number of aryl methyl sites for hydroxylation is 1. The van der Waals surface area contributed by atoms with E-state index in [0.717, 1.165) is 0 Å². The number of aliphatic carboxylic acids is 1. The molecule has 2 N–H and O–H groups in total. The first-order valence-electron chi connectivity index (χ1n) is 7.59. The molecule has 2 unspecified atom stereocenters. The van der Waals surface area contributed by atoms with E-state index in [-0.39, 0.29) is 11.6 Å². The number of hydrogen-bond acceptors (Lipinski definition) is 3. The van der Waals surface area contributed by atoms with E-state index in [1.54, 1.807) is 6.92 Å². The highest BCUT2D eigenvalue weighted by molar-refractivity contribution is 5.97. The molecule has 0 aliphatic rings. The Morgan fingerprint density at radius 2 is 2.09 bits per heavy atom. The number of carbonyl (C=O) groups is 2. The van der Waals surface area contributed by atoms with Crippen LogP contribution in [0, 0.1) is 11.7 Å². The summed E-state index contributed by atoms with van der Waals surface area (Å²) in [5, 5.41) is 11.8. The number of imidazole rings is 1. The van der Waals surface area contributed by atoms with E-state index in [1.807, 2.05) is 13.8 Å². The van der Waals surface area contributed by atoms with Gasteiger partial charge >= 0.3 is 5.97 Å². The number of carbonyl (C=O) groups excluding carboxylic acids is 1. The maximum absolute atomic E-state index is 13.5. The summed E-state index contributed by atoms with van der Waals surface area (Å²) in [6.07, 6.45) is 2.27. The number of halogens is 1. The summed E-state index contributed by atoms with van der Waals surface area (Å²) < 4.78 is 14.9. The number of carboxylic acid groups (broad SMARTS) is 1. The van der Waals surface area contributed by atoms with Gasteiger partial charge in [-0.3, -0.25) is 9.20 Å². The van der Waals surface area contributed by atoms with E-state index in [2.05, 4.69) is 10.3 Å². The van der Waals surface area contributed by atoms with Gasteiger partial charge in [0.25, 0.3) is 5.91 Å². The minimum atomic E-state index is -1.09. The number of nitrogens with zero attached hydrogens (tertiary/aromatic N) is 2. The van der Waals surface area contributed by atoms with Crippen LogP contribution in [-0.2, 0) is 11.2 Å². The van der Waals surface area contributed by atoms with Crippen molar-refractivity contribution in [3.63, 3.8) is 0 Å². The van der Waals surface area contributed by atoms with Crippen molar-refractivity contribution < 1.29 is 19.1 Å². The molecule has 23 heavy (non-hydrogen) atoms. The van der Waals surface area contributed by atoms with Crippen LogP contribution in [0.5, 0.6) is 0 Å². The molecule has 124 valence electrons. The lowest BCUT2D eigenvalue weighted by Crippen LogP contribution is -2.45. The topological polar surface area (TPSA) is 83.7 Å². The van der Waals surface area contributed by atoms with Crippen LogP contribution in [0.15, 0.2) is 18.3 Å². The van der Waals surface area contributed by atoms with Crippen LogP contribution < -0.4 is 5.32 Å². The van der Waals surface area contributed by atoms with Crippen LogP contribution in [0.2, 0.25) is 0 Å². The zero-order chi connectivity index (χ0) is 17.1. The molecule has 1 amide bonds. The number of amides is 1. The van der Waals surface area contributed by atoms with Gasteiger partial charge in [-0.15, -0.1) is 0 Å². The lowest BCUT2D eigenvalue weighted by molar-refractivity contribution is -0.140. The number of hydrogen-bond donors (Lipinski definition) is 2. The van der Waals surface area contributed by atoms with Gasteiger partial charge in [0.2, 0.25) is 0 Å². The monoisotopic (exact) mass is 321 g/mol. The number of fused-ring (bicyclic) bond motifs is 1. The van der Waals surface area contributed by atoms with Crippen LogP contribution in [0.4, 0.5) is 4.39 Å². The van der Waals surface area contributed by atoms with Gasteiger partial charge in [-0.05, 0) is 24.5 Å². The third kappa shape index (κ3) is 3.33. The average molecular weight is 321 g/mol. The second kappa shape index (κ2) is 6.76.